The van der Waals surface area contributed by atoms with Gasteiger partial charge in [-0.1, -0.05) is 12.1 Å². The molecule has 1 fully saturated rings. The molecule has 1 saturated heterocycles. The molecular weight excluding hydrogens is 420 g/mol. The number of likely N-dealkylation sites (tertiary alicyclic amines) is 1. The normalized spacial score (nSPS) is 15.7. The van der Waals surface area contributed by atoms with Crippen molar-refractivity contribution in [3.8, 4) is 5.69 Å². The molecule has 0 spiro atoms. The van der Waals surface area contributed by atoms with E-state index < -0.39 is 5.91 Å². The maximum absolute atomic E-state index is 12.8. The van der Waals surface area contributed by atoms with E-state index in [9.17, 15) is 14.4 Å². The predicted molar refractivity (Wildman–Crippen MR) is 125 cm³/mol. The van der Waals surface area contributed by atoms with Gasteiger partial charge in [0.1, 0.15) is 5.69 Å². The number of benzene rings is 2. The van der Waals surface area contributed by atoms with Gasteiger partial charge in [0, 0.05) is 30.7 Å². The van der Waals surface area contributed by atoms with E-state index in [0.29, 0.717) is 18.8 Å². The van der Waals surface area contributed by atoms with Crippen molar-refractivity contribution in [1.82, 2.24) is 14.7 Å². The molecule has 0 bridgehead atoms. The number of piperidine rings is 1. The highest BCUT2D eigenvalue weighted by molar-refractivity contribution is 5.94. The zero-order chi connectivity index (χ0) is 23.4. The number of primary amides is 1. The van der Waals surface area contributed by atoms with Crippen molar-refractivity contribution in [2.45, 2.75) is 19.8 Å². The van der Waals surface area contributed by atoms with Crippen LogP contribution in [-0.4, -0.2) is 45.6 Å². The Morgan fingerprint density at radius 1 is 1.03 bits per heavy atom. The van der Waals surface area contributed by atoms with Gasteiger partial charge in [-0.3, -0.25) is 9.59 Å². The maximum Gasteiger partial charge on any atom is 0.321 e. The highest BCUT2D eigenvalue weighted by Gasteiger charge is 2.28. The lowest BCUT2D eigenvalue weighted by Gasteiger charge is -2.32. The van der Waals surface area contributed by atoms with Crippen LogP contribution in [0.5, 0.6) is 0 Å². The first-order valence-corrected chi connectivity index (χ1v) is 10.8. The van der Waals surface area contributed by atoms with Crippen LogP contribution in [0.25, 0.3) is 5.69 Å². The van der Waals surface area contributed by atoms with Crippen molar-refractivity contribution in [3.05, 3.63) is 72.1 Å². The second-order valence-corrected chi connectivity index (χ2v) is 8.13. The molecular formula is C24H26N6O3. The second kappa shape index (κ2) is 9.56. The lowest BCUT2D eigenvalue weighted by atomic mass is 9.97. The molecule has 1 unspecified atom stereocenters. The van der Waals surface area contributed by atoms with E-state index in [1.54, 1.807) is 41.4 Å². The first kappa shape index (κ1) is 22.1. The number of urea groups is 1. The monoisotopic (exact) mass is 446 g/mol. The van der Waals surface area contributed by atoms with Crippen LogP contribution in [0.4, 0.5) is 16.2 Å². The molecule has 9 heteroatoms. The summed E-state index contributed by atoms with van der Waals surface area (Å²) >= 11 is 0. The van der Waals surface area contributed by atoms with Gasteiger partial charge in [-0.05, 0) is 67.8 Å². The molecule has 9 nitrogen and oxygen atoms in total. The molecule has 2 aromatic carbocycles. The van der Waals surface area contributed by atoms with Crippen molar-refractivity contribution in [2.75, 3.05) is 23.7 Å². The van der Waals surface area contributed by atoms with Crippen LogP contribution < -0.4 is 16.4 Å². The number of nitrogens with zero attached hydrogens (tertiary/aromatic N) is 3. The summed E-state index contributed by atoms with van der Waals surface area (Å²) in [7, 11) is 0. The summed E-state index contributed by atoms with van der Waals surface area (Å²) in [5, 5.41) is 9.95. The number of rotatable bonds is 5. The van der Waals surface area contributed by atoms with Crippen LogP contribution in [0, 0.1) is 12.8 Å². The molecule has 0 saturated carbocycles. The van der Waals surface area contributed by atoms with Crippen molar-refractivity contribution < 1.29 is 14.4 Å². The van der Waals surface area contributed by atoms with Gasteiger partial charge in [0.15, 0.2) is 0 Å². The third-order valence-electron chi connectivity index (χ3n) is 5.59. The highest BCUT2D eigenvalue weighted by Crippen LogP contribution is 2.21. The minimum Gasteiger partial charge on any atom is -0.364 e. The standard InChI is InChI=1S/C24H26N6O3/c1-16-4-2-6-19(14-16)27-24(33)29-12-3-5-17(15-29)23(32)26-18-7-9-20(10-8-18)30-13-11-21(28-30)22(25)31/h2,4,6-11,13-14,17H,3,5,12,15H2,1H3,(H2,25,31)(H,26,32)(H,27,33). The zero-order valence-electron chi connectivity index (χ0n) is 18.3. The molecule has 4 rings (SSSR count). The fraction of sp³-hybridized carbons (Fsp3) is 0.250. The summed E-state index contributed by atoms with van der Waals surface area (Å²) in [6.07, 6.45) is 3.13. The van der Waals surface area contributed by atoms with Gasteiger partial charge < -0.3 is 21.3 Å². The summed E-state index contributed by atoms with van der Waals surface area (Å²) in [6.45, 7) is 2.95. The third kappa shape index (κ3) is 5.38. The third-order valence-corrected chi connectivity index (χ3v) is 5.59. The summed E-state index contributed by atoms with van der Waals surface area (Å²) in [4.78, 5) is 38.4. The maximum atomic E-state index is 12.8. The molecule has 4 N–H and O–H groups in total. The van der Waals surface area contributed by atoms with Gasteiger partial charge in [0.05, 0.1) is 11.6 Å². The van der Waals surface area contributed by atoms with Gasteiger partial charge in [-0.25, -0.2) is 9.48 Å². The van der Waals surface area contributed by atoms with E-state index in [-0.39, 0.29) is 23.6 Å². The summed E-state index contributed by atoms with van der Waals surface area (Å²) < 4.78 is 1.54. The minimum atomic E-state index is -0.591. The molecule has 0 radical (unpaired) electrons. The number of carbonyl (C=O) groups is 3. The molecule has 4 amide bonds. The van der Waals surface area contributed by atoms with Crippen molar-refractivity contribution in [3.63, 3.8) is 0 Å². The quantitative estimate of drug-likeness (QED) is 0.557. The molecule has 1 aromatic heterocycles. The summed E-state index contributed by atoms with van der Waals surface area (Å²) in [6, 6.07) is 16.1. The number of hydrogen-bond donors (Lipinski definition) is 3. The molecule has 2 heterocycles. The Morgan fingerprint density at radius 3 is 2.52 bits per heavy atom. The lowest BCUT2D eigenvalue weighted by Crippen LogP contribution is -2.45. The largest absolute Gasteiger partial charge is 0.364 e. The van der Waals surface area contributed by atoms with E-state index in [0.717, 1.165) is 29.8 Å². The number of aryl methyl sites for hydroxylation is 1. The molecule has 0 aliphatic carbocycles. The average Bonchev–Trinajstić information content (AvgIpc) is 3.30. The average molecular weight is 447 g/mol. The van der Waals surface area contributed by atoms with Crippen LogP contribution in [0.2, 0.25) is 0 Å². The number of carbonyl (C=O) groups excluding carboxylic acids is 3. The fourth-order valence-corrected chi connectivity index (χ4v) is 3.84. The topological polar surface area (TPSA) is 122 Å². The molecule has 33 heavy (non-hydrogen) atoms. The molecule has 1 atom stereocenters. The Morgan fingerprint density at radius 2 is 1.82 bits per heavy atom. The van der Waals surface area contributed by atoms with Crippen molar-refractivity contribution >= 4 is 29.2 Å². The molecule has 170 valence electrons. The van der Waals surface area contributed by atoms with Crippen molar-refractivity contribution in [2.24, 2.45) is 11.7 Å². The number of nitrogens with one attached hydrogen (secondary N) is 2. The Labute approximate surface area is 191 Å². The van der Waals surface area contributed by atoms with E-state index in [2.05, 4.69) is 15.7 Å². The SMILES string of the molecule is Cc1cccc(NC(=O)N2CCCC(C(=O)Nc3ccc(-n4ccc(C(N)=O)n4)cc3)C2)c1. The van der Waals surface area contributed by atoms with E-state index in [1.165, 1.54) is 4.68 Å². The van der Waals surface area contributed by atoms with Gasteiger partial charge in [0.2, 0.25) is 5.91 Å². The van der Waals surface area contributed by atoms with Crippen LogP contribution in [-0.2, 0) is 4.79 Å². The van der Waals surface area contributed by atoms with Crippen molar-refractivity contribution in [1.29, 1.82) is 0 Å². The predicted octanol–water partition coefficient (Wildman–Crippen LogP) is 3.16. The minimum absolute atomic E-state index is 0.120. The lowest BCUT2D eigenvalue weighted by molar-refractivity contribution is -0.121. The Balaban J connectivity index is 1.34. The number of anilines is 2. The zero-order valence-corrected chi connectivity index (χ0v) is 18.3. The van der Waals surface area contributed by atoms with E-state index in [1.807, 2.05) is 31.2 Å². The summed E-state index contributed by atoms with van der Waals surface area (Å²) in [5.74, 6) is -0.997. The summed E-state index contributed by atoms with van der Waals surface area (Å²) in [5.41, 5.74) is 8.61. The van der Waals surface area contributed by atoms with Crippen LogP contribution in [0.3, 0.4) is 0 Å². The second-order valence-electron chi connectivity index (χ2n) is 8.13. The number of nitrogens with two attached hydrogens (primary N) is 1. The molecule has 1 aliphatic heterocycles. The first-order valence-electron chi connectivity index (χ1n) is 10.8. The Bertz CT molecular complexity index is 1170. The Kier molecular flexibility index (Phi) is 6.39. The Hall–Kier alpha value is -4.14. The molecule has 1 aliphatic rings. The highest BCUT2D eigenvalue weighted by atomic mass is 16.2. The molecule has 3 aromatic rings. The smallest absolute Gasteiger partial charge is 0.321 e. The first-order chi connectivity index (χ1) is 15.9. The van der Waals surface area contributed by atoms with Crippen LogP contribution in [0.15, 0.2) is 60.8 Å². The van der Waals surface area contributed by atoms with Gasteiger partial charge >= 0.3 is 6.03 Å². The van der Waals surface area contributed by atoms with E-state index in [4.69, 9.17) is 5.73 Å². The number of amides is 4. The number of aromatic nitrogens is 2. The van der Waals surface area contributed by atoms with Gasteiger partial charge in [-0.15, -0.1) is 0 Å². The van der Waals surface area contributed by atoms with Gasteiger partial charge in [0.25, 0.3) is 5.91 Å². The number of hydrogen-bond acceptors (Lipinski definition) is 4. The van der Waals surface area contributed by atoms with E-state index >= 15 is 0 Å². The van der Waals surface area contributed by atoms with Crippen LogP contribution in [0.1, 0.15) is 28.9 Å². The van der Waals surface area contributed by atoms with Gasteiger partial charge in [-0.2, -0.15) is 5.10 Å². The van der Waals surface area contributed by atoms with Crippen LogP contribution >= 0.6 is 0 Å². The fourth-order valence-electron chi connectivity index (χ4n) is 3.84.